The Hall–Kier alpha value is -2.15. The fraction of sp³-hybridized carbons (Fsp3) is 0.500. The molecule has 0 aliphatic carbocycles. The van der Waals surface area contributed by atoms with Crippen LogP contribution in [0.15, 0.2) is 24.3 Å². The molecule has 1 heterocycles. The highest BCUT2D eigenvalue weighted by Gasteiger charge is 2.27. The number of nitrogens with one attached hydrogen (secondary N) is 1. The van der Waals surface area contributed by atoms with E-state index in [0.29, 0.717) is 13.1 Å². The van der Waals surface area contributed by atoms with Crippen LogP contribution in [0.2, 0.25) is 0 Å². The number of hydrogen-bond donors (Lipinski definition) is 2. The van der Waals surface area contributed by atoms with Gasteiger partial charge in [-0.05, 0) is 38.1 Å². The van der Waals surface area contributed by atoms with Gasteiger partial charge >= 0.3 is 5.97 Å². The fourth-order valence-electron chi connectivity index (χ4n) is 2.58. The molecule has 0 saturated carbocycles. The zero-order chi connectivity index (χ0) is 17.0. The van der Waals surface area contributed by atoms with Crippen molar-refractivity contribution in [3.05, 3.63) is 30.1 Å². The minimum absolute atomic E-state index is 0.259. The number of carboxylic acids is 1. The lowest BCUT2D eigenvalue weighted by Crippen LogP contribution is -2.55. The van der Waals surface area contributed by atoms with E-state index < -0.39 is 12.0 Å². The van der Waals surface area contributed by atoms with E-state index in [9.17, 15) is 14.0 Å². The maximum atomic E-state index is 13.0. The third kappa shape index (κ3) is 4.41. The van der Waals surface area contributed by atoms with Gasteiger partial charge in [0.05, 0.1) is 6.04 Å². The van der Waals surface area contributed by atoms with Crippen LogP contribution in [0.3, 0.4) is 0 Å². The van der Waals surface area contributed by atoms with Crippen molar-refractivity contribution in [2.45, 2.75) is 25.9 Å². The molecule has 0 radical (unpaired) electrons. The summed E-state index contributed by atoms with van der Waals surface area (Å²) in [7, 11) is 0. The highest BCUT2D eigenvalue weighted by Crippen LogP contribution is 2.17. The Morgan fingerprint density at radius 2 is 1.70 bits per heavy atom. The lowest BCUT2D eigenvalue weighted by molar-refractivity contribution is -0.142. The van der Waals surface area contributed by atoms with Gasteiger partial charge in [0.1, 0.15) is 11.9 Å². The van der Waals surface area contributed by atoms with Crippen LogP contribution in [0.5, 0.6) is 0 Å². The zero-order valence-electron chi connectivity index (χ0n) is 13.3. The number of carbonyl (C=O) groups excluding carboxylic acids is 1. The number of rotatable bonds is 5. The van der Waals surface area contributed by atoms with Crippen molar-refractivity contribution in [3.63, 3.8) is 0 Å². The first-order chi connectivity index (χ1) is 10.9. The van der Waals surface area contributed by atoms with Crippen molar-refractivity contribution in [1.29, 1.82) is 0 Å². The zero-order valence-corrected chi connectivity index (χ0v) is 13.3. The number of nitrogens with zero attached hydrogens (tertiary/aromatic N) is 2. The van der Waals surface area contributed by atoms with Crippen LogP contribution < -0.4 is 10.2 Å². The first-order valence-corrected chi connectivity index (χ1v) is 7.66. The van der Waals surface area contributed by atoms with E-state index in [2.05, 4.69) is 10.2 Å². The predicted molar refractivity (Wildman–Crippen MR) is 84.9 cm³/mol. The molecule has 1 aliphatic rings. The van der Waals surface area contributed by atoms with Crippen molar-refractivity contribution in [2.24, 2.45) is 0 Å². The first kappa shape index (κ1) is 17.2. The Balaban J connectivity index is 1.87. The van der Waals surface area contributed by atoms with Gasteiger partial charge in [-0.3, -0.25) is 14.5 Å². The van der Waals surface area contributed by atoms with Crippen molar-refractivity contribution in [2.75, 3.05) is 31.1 Å². The molecule has 2 rings (SSSR count). The Morgan fingerprint density at radius 3 is 2.22 bits per heavy atom. The number of anilines is 1. The summed E-state index contributed by atoms with van der Waals surface area (Å²) >= 11 is 0. The summed E-state index contributed by atoms with van der Waals surface area (Å²) in [5, 5.41) is 11.3. The maximum Gasteiger partial charge on any atom is 0.325 e. The molecular weight excluding hydrogens is 301 g/mol. The molecule has 1 aliphatic heterocycles. The molecule has 0 spiro atoms. The average molecular weight is 323 g/mol. The minimum atomic E-state index is -1.05. The second-order valence-corrected chi connectivity index (χ2v) is 5.74. The lowest BCUT2D eigenvalue weighted by Gasteiger charge is -2.38. The number of amides is 1. The van der Waals surface area contributed by atoms with Crippen LogP contribution in [-0.2, 0) is 9.59 Å². The standard InChI is InChI=1S/C16H22FN3O3/c1-11(16(22)23)18-15(21)12(2)19-7-9-20(10-8-19)14-5-3-13(17)4-6-14/h3-6,11-12H,7-10H2,1-2H3,(H,18,21)(H,22,23)/t11-,12-/m0/s1. The van der Waals surface area contributed by atoms with E-state index >= 15 is 0 Å². The number of benzene rings is 1. The molecule has 1 aromatic rings. The summed E-state index contributed by atoms with van der Waals surface area (Å²) in [6.07, 6.45) is 0. The third-order valence-corrected chi connectivity index (χ3v) is 4.16. The summed E-state index contributed by atoms with van der Waals surface area (Å²) in [5.74, 6) is -1.59. The number of carbonyl (C=O) groups is 2. The van der Waals surface area contributed by atoms with Gasteiger partial charge in [0, 0.05) is 31.9 Å². The van der Waals surface area contributed by atoms with E-state index in [1.54, 1.807) is 19.1 Å². The molecule has 1 aromatic carbocycles. The summed E-state index contributed by atoms with van der Waals surface area (Å²) in [6, 6.07) is 5.08. The Labute approximate surface area is 134 Å². The van der Waals surface area contributed by atoms with E-state index in [0.717, 1.165) is 18.8 Å². The number of carboxylic acid groups (broad SMARTS) is 1. The van der Waals surface area contributed by atoms with E-state index in [1.807, 2.05) is 4.90 Å². The van der Waals surface area contributed by atoms with Crippen LogP contribution in [-0.4, -0.2) is 60.1 Å². The molecule has 2 atom stereocenters. The van der Waals surface area contributed by atoms with Crippen molar-refractivity contribution in [1.82, 2.24) is 10.2 Å². The van der Waals surface area contributed by atoms with Crippen LogP contribution in [0.1, 0.15) is 13.8 Å². The van der Waals surface area contributed by atoms with Gasteiger partial charge < -0.3 is 15.3 Å². The molecule has 0 bridgehead atoms. The Morgan fingerprint density at radius 1 is 1.13 bits per heavy atom. The van der Waals surface area contributed by atoms with E-state index in [4.69, 9.17) is 5.11 Å². The second-order valence-electron chi connectivity index (χ2n) is 5.74. The highest BCUT2D eigenvalue weighted by molar-refractivity contribution is 5.86. The number of halogens is 1. The summed E-state index contributed by atoms with van der Waals surface area (Å²) in [5.41, 5.74) is 0.961. The van der Waals surface area contributed by atoms with Crippen molar-refractivity contribution < 1.29 is 19.1 Å². The maximum absolute atomic E-state index is 13.0. The molecule has 6 nitrogen and oxygen atoms in total. The molecule has 0 aromatic heterocycles. The van der Waals surface area contributed by atoms with E-state index in [1.165, 1.54) is 19.1 Å². The van der Waals surface area contributed by atoms with Crippen LogP contribution in [0.4, 0.5) is 10.1 Å². The number of hydrogen-bond acceptors (Lipinski definition) is 4. The number of piperazine rings is 1. The van der Waals surface area contributed by atoms with E-state index in [-0.39, 0.29) is 17.8 Å². The van der Waals surface area contributed by atoms with Gasteiger partial charge in [-0.2, -0.15) is 0 Å². The SMILES string of the molecule is C[C@H](NC(=O)[C@H](C)N1CCN(c2ccc(F)cc2)CC1)C(=O)O. The van der Waals surface area contributed by atoms with Gasteiger partial charge in [0.2, 0.25) is 5.91 Å². The highest BCUT2D eigenvalue weighted by atomic mass is 19.1. The second kappa shape index (κ2) is 7.41. The summed E-state index contributed by atoms with van der Waals surface area (Å²) in [4.78, 5) is 27.0. The Bertz CT molecular complexity index is 556. The third-order valence-electron chi connectivity index (χ3n) is 4.16. The molecule has 1 amide bonds. The largest absolute Gasteiger partial charge is 0.480 e. The Kier molecular flexibility index (Phi) is 5.54. The lowest BCUT2D eigenvalue weighted by atomic mass is 10.2. The molecule has 1 fully saturated rings. The molecular formula is C16H22FN3O3. The molecule has 0 unspecified atom stereocenters. The smallest absolute Gasteiger partial charge is 0.325 e. The average Bonchev–Trinajstić information content (AvgIpc) is 2.55. The normalized spacial score (nSPS) is 18.3. The summed E-state index contributed by atoms with van der Waals surface area (Å²) in [6.45, 7) is 6.06. The predicted octanol–water partition coefficient (Wildman–Crippen LogP) is 0.925. The van der Waals surface area contributed by atoms with Crippen molar-refractivity contribution >= 4 is 17.6 Å². The van der Waals surface area contributed by atoms with Gasteiger partial charge in [-0.15, -0.1) is 0 Å². The van der Waals surface area contributed by atoms with Gasteiger partial charge in [0.25, 0.3) is 0 Å². The van der Waals surface area contributed by atoms with Crippen molar-refractivity contribution in [3.8, 4) is 0 Å². The number of aliphatic carboxylic acids is 1. The van der Waals surface area contributed by atoms with Crippen LogP contribution >= 0.6 is 0 Å². The molecule has 2 N–H and O–H groups in total. The molecule has 1 saturated heterocycles. The van der Waals surface area contributed by atoms with Crippen LogP contribution in [0.25, 0.3) is 0 Å². The first-order valence-electron chi connectivity index (χ1n) is 7.66. The quantitative estimate of drug-likeness (QED) is 0.843. The van der Waals surface area contributed by atoms with Gasteiger partial charge in [0.15, 0.2) is 0 Å². The van der Waals surface area contributed by atoms with Gasteiger partial charge in [-0.25, -0.2) is 4.39 Å². The van der Waals surface area contributed by atoms with Gasteiger partial charge in [-0.1, -0.05) is 0 Å². The monoisotopic (exact) mass is 323 g/mol. The molecule has 23 heavy (non-hydrogen) atoms. The minimum Gasteiger partial charge on any atom is -0.480 e. The summed E-state index contributed by atoms with van der Waals surface area (Å²) < 4.78 is 13.0. The van der Waals surface area contributed by atoms with Crippen LogP contribution in [0, 0.1) is 5.82 Å². The topological polar surface area (TPSA) is 72.9 Å². The molecule has 7 heteroatoms. The molecule has 126 valence electrons. The fourth-order valence-corrected chi connectivity index (χ4v) is 2.58.